The maximum Gasteiger partial charge on any atom is 0.303 e. The summed E-state index contributed by atoms with van der Waals surface area (Å²) in [5.74, 6) is -1.10. The van der Waals surface area contributed by atoms with Crippen molar-refractivity contribution in [3.05, 3.63) is 0 Å². The third-order valence-electron chi connectivity index (χ3n) is 2.35. The monoisotopic (exact) mass is 310 g/mol. The molecule has 1 rings (SSSR count). The van der Waals surface area contributed by atoms with Gasteiger partial charge in [-0.05, 0) is 6.92 Å². The Hall–Kier alpha value is -0.660. The molecule has 1 aliphatic rings. The number of aliphatic hydroxyl groups is 1. The SMILES string of the molecule is CC(=O)OC1C(Br)O[C@@H](C)[C@@H](O)[C@H]1OC(C)=O. The number of esters is 2. The molecule has 0 aromatic carbocycles. The van der Waals surface area contributed by atoms with E-state index in [0.717, 1.165) is 0 Å². The molecular weight excluding hydrogens is 296 g/mol. The number of ether oxygens (including phenoxy) is 3. The van der Waals surface area contributed by atoms with Gasteiger partial charge < -0.3 is 19.3 Å². The van der Waals surface area contributed by atoms with E-state index in [1.807, 2.05) is 0 Å². The highest BCUT2D eigenvalue weighted by molar-refractivity contribution is 9.09. The molecule has 0 aliphatic carbocycles. The molecule has 2 unspecified atom stereocenters. The number of hydrogen-bond acceptors (Lipinski definition) is 6. The van der Waals surface area contributed by atoms with Crippen LogP contribution in [-0.2, 0) is 23.8 Å². The van der Waals surface area contributed by atoms with Crippen LogP contribution in [0.3, 0.4) is 0 Å². The number of halogens is 1. The first-order valence-corrected chi connectivity index (χ1v) is 6.06. The summed E-state index contributed by atoms with van der Waals surface area (Å²) in [5, 5.41) is 9.24. The predicted octanol–water partition coefficient (Wildman–Crippen LogP) is 0.350. The van der Waals surface area contributed by atoms with E-state index in [2.05, 4.69) is 15.9 Å². The summed E-state index contributed by atoms with van der Waals surface area (Å²) in [7, 11) is 0. The zero-order valence-electron chi connectivity index (χ0n) is 9.75. The van der Waals surface area contributed by atoms with Crippen LogP contribution in [0.4, 0.5) is 0 Å². The van der Waals surface area contributed by atoms with Crippen molar-refractivity contribution < 1.29 is 28.9 Å². The van der Waals surface area contributed by atoms with Gasteiger partial charge in [0.25, 0.3) is 0 Å². The molecule has 0 radical (unpaired) electrons. The van der Waals surface area contributed by atoms with Crippen LogP contribution in [0, 0.1) is 0 Å². The lowest BCUT2D eigenvalue weighted by atomic mass is 10.0. The highest BCUT2D eigenvalue weighted by atomic mass is 79.9. The van der Waals surface area contributed by atoms with Crippen LogP contribution in [0.25, 0.3) is 0 Å². The summed E-state index contributed by atoms with van der Waals surface area (Å²) >= 11 is 3.18. The molecule has 0 aromatic heterocycles. The molecule has 6 nitrogen and oxygen atoms in total. The van der Waals surface area contributed by atoms with Gasteiger partial charge in [-0.1, -0.05) is 15.9 Å². The Morgan fingerprint density at radius 3 is 2.12 bits per heavy atom. The van der Waals surface area contributed by atoms with E-state index in [9.17, 15) is 14.7 Å². The van der Waals surface area contributed by atoms with E-state index in [4.69, 9.17) is 14.2 Å². The molecule has 98 valence electrons. The van der Waals surface area contributed by atoms with Crippen molar-refractivity contribution in [1.29, 1.82) is 0 Å². The Morgan fingerprint density at radius 2 is 1.65 bits per heavy atom. The molecule has 0 saturated carbocycles. The molecule has 1 saturated heterocycles. The molecule has 0 aromatic rings. The Bertz CT molecular complexity index is 307. The summed E-state index contributed by atoms with van der Waals surface area (Å²) in [4.78, 5) is 21.9. The van der Waals surface area contributed by atoms with Gasteiger partial charge in [-0.25, -0.2) is 0 Å². The summed E-state index contributed by atoms with van der Waals surface area (Å²) in [5.41, 5.74) is 0. The van der Waals surface area contributed by atoms with Gasteiger partial charge in [0.1, 0.15) is 6.10 Å². The number of carbonyl (C=O) groups excluding carboxylic acids is 2. The van der Waals surface area contributed by atoms with E-state index >= 15 is 0 Å². The lowest BCUT2D eigenvalue weighted by molar-refractivity contribution is -0.219. The highest BCUT2D eigenvalue weighted by Gasteiger charge is 2.46. The minimum Gasteiger partial charge on any atom is -0.456 e. The molecule has 0 spiro atoms. The molecule has 7 heteroatoms. The fraction of sp³-hybridized carbons (Fsp3) is 0.800. The van der Waals surface area contributed by atoms with Crippen LogP contribution in [0.5, 0.6) is 0 Å². The van der Waals surface area contributed by atoms with E-state index in [-0.39, 0.29) is 0 Å². The zero-order chi connectivity index (χ0) is 13.2. The van der Waals surface area contributed by atoms with E-state index in [1.54, 1.807) is 6.92 Å². The highest BCUT2D eigenvalue weighted by Crippen LogP contribution is 2.29. The van der Waals surface area contributed by atoms with Crippen molar-refractivity contribution in [2.45, 2.75) is 50.2 Å². The predicted molar refractivity (Wildman–Crippen MR) is 60.4 cm³/mol. The van der Waals surface area contributed by atoms with Gasteiger partial charge in [0.05, 0.1) is 6.10 Å². The number of hydrogen-bond donors (Lipinski definition) is 1. The molecule has 1 fully saturated rings. The second kappa shape index (κ2) is 5.79. The van der Waals surface area contributed by atoms with Gasteiger partial charge in [-0.3, -0.25) is 9.59 Å². The maximum atomic E-state index is 11.0. The maximum absolute atomic E-state index is 11.0. The van der Waals surface area contributed by atoms with E-state index in [1.165, 1.54) is 13.8 Å². The third kappa shape index (κ3) is 3.65. The van der Waals surface area contributed by atoms with Crippen LogP contribution in [0.1, 0.15) is 20.8 Å². The molecule has 0 amide bonds. The van der Waals surface area contributed by atoms with Gasteiger partial charge in [0.15, 0.2) is 17.2 Å². The molecule has 5 atom stereocenters. The first-order chi connectivity index (χ1) is 7.82. The molecule has 1 N–H and O–H groups in total. The minimum atomic E-state index is -1.04. The topological polar surface area (TPSA) is 82.1 Å². The molecule has 1 heterocycles. The average Bonchev–Trinajstić information content (AvgIpc) is 2.19. The van der Waals surface area contributed by atoms with Crippen molar-refractivity contribution in [3.63, 3.8) is 0 Å². The van der Waals surface area contributed by atoms with Crippen molar-refractivity contribution in [3.8, 4) is 0 Å². The Morgan fingerprint density at radius 1 is 1.18 bits per heavy atom. The fourth-order valence-corrected chi connectivity index (χ4v) is 2.36. The second-order valence-electron chi connectivity index (χ2n) is 3.83. The first kappa shape index (κ1) is 14.4. The van der Waals surface area contributed by atoms with Crippen molar-refractivity contribution in [2.24, 2.45) is 0 Å². The first-order valence-electron chi connectivity index (χ1n) is 5.15. The molecule has 17 heavy (non-hydrogen) atoms. The van der Waals surface area contributed by atoms with Crippen LogP contribution in [-0.4, -0.2) is 46.5 Å². The number of alkyl halides is 1. The van der Waals surface area contributed by atoms with E-state index < -0.39 is 41.4 Å². The minimum absolute atomic E-state index is 0.532. The summed E-state index contributed by atoms with van der Waals surface area (Å²) in [6, 6.07) is 0. The number of rotatable bonds is 2. The lowest BCUT2D eigenvalue weighted by Gasteiger charge is -2.40. The van der Waals surface area contributed by atoms with Crippen LogP contribution in [0.15, 0.2) is 0 Å². The smallest absolute Gasteiger partial charge is 0.303 e. The Kier molecular flexibility index (Phi) is 4.91. The van der Waals surface area contributed by atoms with Crippen LogP contribution in [0.2, 0.25) is 0 Å². The van der Waals surface area contributed by atoms with Gasteiger partial charge in [-0.2, -0.15) is 0 Å². The zero-order valence-corrected chi connectivity index (χ0v) is 11.3. The summed E-state index contributed by atoms with van der Waals surface area (Å²) in [6.45, 7) is 4.09. The van der Waals surface area contributed by atoms with Crippen molar-refractivity contribution in [1.82, 2.24) is 0 Å². The van der Waals surface area contributed by atoms with Gasteiger partial charge in [-0.15, -0.1) is 0 Å². The normalized spacial score (nSPS) is 37.4. The standard InChI is InChI=1S/C10H15BrO6/c1-4-7(14)8(16-5(2)12)9(10(11)15-4)17-6(3)13/h4,7-10,14H,1-3H3/t4-,7+,8+,9?,10?/m0/s1. The Labute approximate surface area is 107 Å². The van der Waals surface area contributed by atoms with Gasteiger partial charge in [0.2, 0.25) is 0 Å². The lowest BCUT2D eigenvalue weighted by Crippen LogP contribution is -2.57. The van der Waals surface area contributed by atoms with E-state index in [0.29, 0.717) is 0 Å². The summed E-state index contributed by atoms with van der Waals surface area (Å²) < 4.78 is 15.3. The molecule has 1 aliphatic heterocycles. The largest absolute Gasteiger partial charge is 0.456 e. The van der Waals surface area contributed by atoms with Crippen molar-refractivity contribution >= 4 is 27.9 Å². The van der Waals surface area contributed by atoms with Crippen LogP contribution < -0.4 is 0 Å². The molecular formula is C10H15BrO6. The quantitative estimate of drug-likeness (QED) is 0.585. The number of aliphatic hydroxyl groups excluding tert-OH is 1. The average molecular weight is 311 g/mol. The fourth-order valence-electron chi connectivity index (χ4n) is 1.61. The van der Waals surface area contributed by atoms with Gasteiger partial charge in [0, 0.05) is 13.8 Å². The summed E-state index contributed by atoms with van der Waals surface area (Å²) in [6.07, 6.45) is -3.39. The van der Waals surface area contributed by atoms with Gasteiger partial charge >= 0.3 is 11.9 Å². The van der Waals surface area contributed by atoms with Crippen LogP contribution >= 0.6 is 15.9 Å². The third-order valence-corrected chi connectivity index (χ3v) is 3.09. The second-order valence-corrected chi connectivity index (χ2v) is 4.73. The molecule has 0 bridgehead atoms. The number of carbonyl (C=O) groups is 2. The van der Waals surface area contributed by atoms with Crippen molar-refractivity contribution in [2.75, 3.05) is 0 Å². The Balaban J connectivity index is 2.86.